The van der Waals surface area contributed by atoms with Crippen LogP contribution in [0.3, 0.4) is 0 Å². The molecular formula is C23H26ClN5OS. The van der Waals surface area contributed by atoms with E-state index in [1.54, 1.807) is 24.3 Å². The Morgan fingerprint density at radius 3 is 2.55 bits per heavy atom. The van der Waals surface area contributed by atoms with Gasteiger partial charge in [0.1, 0.15) is 5.82 Å². The van der Waals surface area contributed by atoms with Crippen molar-refractivity contribution in [3.8, 4) is 0 Å². The summed E-state index contributed by atoms with van der Waals surface area (Å²) in [5, 5.41) is 7.45. The second-order valence-corrected chi connectivity index (χ2v) is 9.09. The minimum absolute atomic E-state index is 0.186. The van der Waals surface area contributed by atoms with Crippen molar-refractivity contribution in [1.29, 1.82) is 0 Å². The number of urea groups is 1. The number of aromatic nitrogens is 2. The van der Waals surface area contributed by atoms with Gasteiger partial charge in [-0.1, -0.05) is 41.4 Å². The van der Waals surface area contributed by atoms with Crippen LogP contribution in [0.15, 0.2) is 48.5 Å². The number of hydrogen-bond donors (Lipinski definition) is 2. The molecule has 31 heavy (non-hydrogen) atoms. The molecule has 162 valence electrons. The number of piperidine rings is 1. The molecule has 0 unspecified atom stereocenters. The maximum Gasteiger partial charge on any atom is 0.319 e. The van der Waals surface area contributed by atoms with Crippen molar-refractivity contribution in [3.63, 3.8) is 0 Å². The van der Waals surface area contributed by atoms with Crippen LogP contribution < -0.4 is 15.5 Å². The number of nitrogens with zero attached hydrogens (tertiary/aromatic N) is 3. The predicted molar refractivity (Wildman–Crippen MR) is 127 cm³/mol. The zero-order valence-corrected chi connectivity index (χ0v) is 19.0. The van der Waals surface area contributed by atoms with Crippen molar-refractivity contribution in [2.24, 2.45) is 5.92 Å². The van der Waals surface area contributed by atoms with Gasteiger partial charge >= 0.3 is 6.03 Å². The van der Waals surface area contributed by atoms with Gasteiger partial charge in [0, 0.05) is 48.3 Å². The highest BCUT2D eigenvalue weighted by atomic mass is 35.5. The van der Waals surface area contributed by atoms with E-state index in [2.05, 4.69) is 51.1 Å². The summed E-state index contributed by atoms with van der Waals surface area (Å²) in [6.07, 6.45) is 2.81. The van der Waals surface area contributed by atoms with Gasteiger partial charge in [-0.15, -0.1) is 0 Å². The summed E-state index contributed by atoms with van der Waals surface area (Å²) in [7, 11) is 0. The maximum absolute atomic E-state index is 12.1. The van der Waals surface area contributed by atoms with E-state index in [0.717, 1.165) is 49.0 Å². The third kappa shape index (κ3) is 6.18. The Kier molecular flexibility index (Phi) is 7.04. The van der Waals surface area contributed by atoms with Crippen LogP contribution in [0.25, 0.3) is 0 Å². The molecule has 6 nitrogen and oxygen atoms in total. The largest absolute Gasteiger partial charge is 0.347 e. The van der Waals surface area contributed by atoms with Crippen molar-refractivity contribution in [2.75, 3.05) is 29.9 Å². The molecule has 0 bridgehead atoms. The van der Waals surface area contributed by atoms with E-state index in [4.69, 9.17) is 16.6 Å². The van der Waals surface area contributed by atoms with E-state index < -0.39 is 0 Å². The van der Waals surface area contributed by atoms with Crippen LogP contribution in [-0.2, 0) is 6.42 Å². The van der Waals surface area contributed by atoms with Crippen LogP contribution in [0, 0.1) is 12.8 Å². The molecule has 0 atom stereocenters. The number of carbonyl (C=O) groups is 1. The molecule has 2 aromatic carbocycles. The predicted octanol–water partition coefficient (Wildman–Crippen LogP) is 5.13. The van der Waals surface area contributed by atoms with Crippen LogP contribution in [0.5, 0.6) is 0 Å². The van der Waals surface area contributed by atoms with Crippen molar-refractivity contribution < 1.29 is 4.79 Å². The second kappa shape index (κ2) is 10.1. The Bertz CT molecular complexity index is 998. The van der Waals surface area contributed by atoms with E-state index in [1.807, 2.05) is 0 Å². The Labute approximate surface area is 191 Å². The summed E-state index contributed by atoms with van der Waals surface area (Å²) < 4.78 is 4.55. The summed E-state index contributed by atoms with van der Waals surface area (Å²) in [5.74, 6) is 1.35. The van der Waals surface area contributed by atoms with E-state index in [9.17, 15) is 4.79 Å². The van der Waals surface area contributed by atoms with Crippen LogP contribution in [-0.4, -0.2) is 35.0 Å². The first kappa shape index (κ1) is 21.6. The van der Waals surface area contributed by atoms with E-state index in [0.29, 0.717) is 17.5 Å². The second-order valence-electron chi connectivity index (χ2n) is 7.93. The number of halogens is 1. The Hall–Kier alpha value is -2.64. The standard InChI is InChI=1S/C23H26ClN5OS/c1-16-2-4-17(5-3-16)14-21-27-23(31-28-21)29-12-10-18(11-13-29)15-25-22(30)26-20-8-6-19(24)7-9-20/h2-9,18H,10-15H2,1H3,(H2,25,26,30). The van der Waals surface area contributed by atoms with Crippen LogP contribution in [0.2, 0.25) is 5.02 Å². The van der Waals surface area contributed by atoms with Gasteiger partial charge in [-0.3, -0.25) is 0 Å². The average molecular weight is 456 g/mol. The molecule has 1 fully saturated rings. The number of nitrogens with one attached hydrogen (secondary N) is 2. The maximum atomic E-state index is 12.1. The SMILES string of the molecule is Cc1ccc(Cc2nsc(N3CCC(CNC(=O)Nc4ccc(Cl)cc4)CC3)n2)cc1. The summed E-state index contributed by atoms with van der Waals surface area (Å²) in [6.45, 7) is 4.63. The fourth-order valence-corrected chi connectivity index (χ4v) is 4.47. The number of amides is 2. The minimum atomic E-state index is -0.186. The number of aryl methyl sites for hydroxylation is 1. The molecule has 1 aromatic heterocycles. The molecule has 2 amide bonds. The highest BCUT2D eigenvalue weighted by Crippen LogP contribution is 2.25. The number of anilines is 2. The molecule has 2 N–H and O–H groups in total. The Morgan fingerprint density at radius 1 is 1.13 bits per heavy atom. The van der Waals surface area contributed by atoms with Crippen LogP contribution in [0.4, 0.5) is 15.6 Å². The first-order valence-corrected chi connectivity index (χ1v) is 11.6. The van der Waals surface area contributed by atoms with Crippen LogP contribution >= 0.6 is 23.1 Å². The molecule has 1 aliphatic heterocycles. The summed E-state index contributed by atoms with van der Waals surface area (Å²) in [5.41, 5.74) is 3.22. The normalized spacial score (nSPS) is 14.5. The number of benzene rings is 2. The van der Waals surface area contributed by atoms with Crippen molar-refractivity contribution in [3.05, 3.63) is 70.5 Å². The Morgan fingerprint density at radius 2 is 1.84 bits per heavy atom. The monoisotopic (exact) mass is 455 g/mol. The third-order valence-corrected chi connectivity index (χ3v) is 6.55. The van der Waals surface area contributed by atoms with Gasteiger partial charge in [0.25, 0.3) is 0 Å². The first-order chi connectivity index (χ1) is 15.0. The molecule has 1 aliphatic rings. The third-order valence-electron chi connectivity index (χ3n) is 5.48. The van der Waals surface area contributed by atoms with E-state index in [-0.39, 0.29) is 6.03 Å². The summed E-state index contributed by atoms with van der Waals surface area (Å²) in [6, 6.07) is 15.4. The topological polar surface area (TPSA) is 70.2 Å². The molecule has 1 saturated heterocycles. The molecule has 0 aliphatic carbocycles. The lowest BCUT2D eigenvalue weighted by Crippen LogP contribution is -2.39. The fraction of sp³-hybridized carbons (Fsp3) is 0.348. The highest BCUT2D eigenvalue weighted by Gasteiger charge is 2.22. The smallest absolute Gasteiger partial charge is 0.319 e. The minimum Gasteiger partial charge on any atom is -0.347 e. The van der Waals surface area contributed by atoms with Gasteiger partial charge in [0.15, 0.2) is 0 Å². The molecule has 2 heterocycles. The number of carbonyl (C=O) groups excluding carboxylic acids is 1. The zero-order valence-electron chi connectivity index (χ0n) is 17.5. The number of rotatable bonds is 6. The van der Waals surface area contributed by atoms with Gasteiger partial charge in [-0.05, 0) is 55.5 Å². The summed E-state index contributed by atoms with van der Waals surface area (Å²) >= 11 is 7.35. The molecule has 3 aromatic rings. The quantitative estimate of drug-likeness (QED) is 0.540. The van der Waals surface area contributed by atoms with Crippen molar-refractivity contribution in [1.82, 2.24) is 14.7 Å². The van der Waals surface area contributed by atoms with Gasteiger partial charge < -0.3 is 15.5 Å². The first-order valence-electron chi connectivity index (χ1n) is 10.5. The summed E-state index contributed by atoms with van der Waals surface area (Å²) in [4.78, 5) is 19.2. The molecule has 4 rings (SSSR count). The van der Waals surface area contributed by atoms with Gasteiger partial charge in [0.05, 0.1) is 0 Å². The van der Waals surface area contributed by atoms with Gasteiger partial charge in [0.2, 0.25) is 5.13 Å². The van der Waals surface area contributed by atoms with Crippen LogP contribution in [0.1, 0.15) is 29.8 Å². The molecule has 0 radical (unpaired) electrons. The molecule has 0 spiro atoms. The lowest BCUT2D eigenvalue weighted by Gasteiger charge is -2.31. The highest BCUT2D eigenvalue weighted by molar-refractivity contribution is 7.09. The zero-order chi connectivity index (χ0) is 21.6. The Balaban J connectivity index is 1.21. The molecular weight excluding hydrogens is 430 g/mol. The fourth-order valence-electron chi connectivity index (χ4n) is 3.61. The average Bonchev–Trinajstić information content (AvgIpc) is 3.24. The van der Waals surface area contributed by atoms with E-state index in [1.165, 1.54) is 22.7 Å². The van der Waals surface area contributed by atoms with E-state index >= 15 is 0 Å². The number of hydrogen-bond acceptors (Lipinski definition) is 5. The van der Waals surface area contributed by atoms with Crippen molar-refractivity contribution in [2.45, 2.75) is 26.2 Å². The van der Waals surface area contributed by atoms with Crippen molar-refractivity contribution >= 4 is 40.0 Å². The lowest BCUT2D eigenvalue weighted by atomic mass is 9.97. The van der Waals surface area contributed by atoms with Gasteiger partial charge in [-0.25, -0.2) is 9.78 Å². The molecule has 8 heteroatoms. The molecule has 0 saturated carbocycles. The van der Waals surface area contributed by atoms with Gasteiger partial charge in [-0.2, -0.15) is 4.37 Å². The lowest BCUT2D eigenvalue weighted by molar-refractivity contribution is 0.248.